The van der Waals surface area contributed by atoms with Gasteiger partial charge in [0.2, 0.25) is 0 Å². The molecule has 0 spiro atoms. The zero-order valence-corrected chi connectivity index (χ0v) is 17.8. The number of aliphatic carboxylic acids is 1. The van der Waals surface area contributed by atoms with Crippen LogP contribution in [0.2, 0.25) is 0 Å². The van der Waals surface area contributed by atoms with Gasteiger partial charge in [-0.2, -0.15) is 0 Å². The number of aliphatic hydroxyl groups excluding tert-OH is 1. The number of carbonyl (C=O) groups excluding carboxylic acids is 1. The van der Waals surface area contributed by atoms with Crippen LogP contribution in [0.4, 0.5) is 0 Å². The van der Waals surface area contributed by atoms with E-state index in [1.54, 1.807) is 0 Å². The Kier molecular flexibility index (Phi) is 5.17. The monoisotopic (exact) mass is 390 g/mol. The zero-order chi connectivity index (χ0) is 20.3. The van der Waals surface area contributed by atoms with Crippen LogP contribution in [0, 0.1) is 46.3 Å². The zero-order valence-electron chi connectivity index (χ0n) is 17.8. The highest BCUT2D eigenvalue weighted by atomic mass is 16.4. The van der Waals surface area contributed by atoms with E-state index in [0.717, 1.165) is 32.1 Å². The quantitative estimate of drug-likeness (QED) is 0.730. The molecular weight excluding hydrogens is 352 g/mol. The third-order valence-electron chi connectivity index (χ3n) is 10.1. The summed E-state index contributed by atoms with van der Waals surface area (Å²) in [5.41, 5.74) is 0.444. The van der Waals surface area contributed by atoms with Crippen molar-refractivity contribution < 1.29 is 19.8 Å². The van der Waals surface area contributed by atoms with E-state index >= 15 is 0 Å². The largest absolute Gasteiger partial charge is 0.481 e. The van der Waals surface area contributed by atoms with Gasteiger partial charge in [-0.25, -0.2) is 0 Å². The van der Waals surface area contributed by atoms with Crippen molar-refractivity contribution >= 4 is 11.8 Å². The van der Waals surface area contributed by atoms with Gasteiger partial charge in [-0.15, -0.1) is 0 Å². The summed E-state index contributed by atoms with van der Waals surface area (Å²) < 4.78 is 0. The van der Waals surface area contributed by atoms with Crippen LogP contribution in [0.3, 0.4) is 0 Å². The van der Waals surface area contributed by atoms with Crippen molar-refractivity contribution in [3.8, 4) is 0 Å². The van der Waals surface area contributed by atoms with Crippen molar-refractivity contribution in [1.29, 1.82) is 0 Å². The minimum absolute atomic E-state index is 0.214. The first-order valence-electron chi connectivity index (χ1n) is 11.6. The molecule has 158 valence electrons. The van der Waals surface area contributed by atoms with Gasteiger partial charge >= 0.3 is 5.97 Å². The Bertz CT molecular complexity index is 645. The lowest BCUT2D eigenvalue weighted by Crippen LogP contribution is -2.58. The predicted molar refractivity (Wildman–Crippen MR) is 108 cm³/mol. The summed E-state index contributed by atoms with van der Waals surface area (Å²) in [4.78, 5) is 23.1. The molecule has 4 nitrogen and oxygen atoms in total. The van der Waals surface area contributed by atoms with E-state index in [1.807, 2.05) is 0 Å². The third kappa shape index (κ3) is 3.05. The van der Waals surface area contributed by atoms with E-state index in [-0.39, 0.29) is 23.4 Å². The van der Waals surface area contributed by atoms with Gasteiger partial charge in [0, 0.05) is 19.3 Å². The number of hydrogen-bond donors (Lipinski definition) is 2. The molecule has 4 heteroatoms. The summed E-state index contributed by atoms with van der Waals surface area (Å²) >= 11 is 0. The Balaban J connectivity index is 1.56. The smallest absolute Gasteiger partial charge is 0.303 e. The minimum atomic E-state index is -0.691. The molecule has 2 N–H and O–H groups in total. The van der Waals surface area contributed by atoms with E-state index in [1.165, 1.54) is 19.3 Å². The fourth-order valence-electron chi connectivity index (χ4n) is 8.54. The number of fused-ring (bicyclic) bond motifs is 5. The molecule has 0 aromatic carbocycles. The molecule has 0 saturated heterocycles. The Hall–Kier alpha value is -0.900. The maximum atomic E-state index is 12.1. The average Bonchev–Trinajstić information content (AvgIpc) is 2.98. The maximum absolute atomic E-state index is 12.1. The number of Topliss-reactive ketones (excluding diaryl/α,β-unsaturated/α-hetero) is 1. The Labute approximate surface area is 169 Å². The van der Waals surface area contributed by atoms with Gasteiger partial charge < -0.3 is 10.2 Å². The molecule has 4 rings (SSSR count). The van der Waals surface area contributed by atoms with Gasteiger partial charge in [0.05, 0.1) is 6.10 Å². The van der Waals surface area contributed by atoms with Crippen LogP contribution in [0.1, 0.15) is 85.0 Å². The lowest BCUT2D eigenvalue weighted by molar-refractivity contribution is -0.169. The summed E-state index contributed by atoms with van der Waals surface area (Å²) in [6.45, 7) is 7.10. The molecule has 1 unspecified atom stereocenters. The second-order valence-electron chi connectivity index (χ2n) is 11.2. The van der Waals surface area contributed by atoms with Crippen molar-refractivity contribution in [2.75, 3.05) is 0 Å². The molecule has 0 aromatic heterocycles. The molecule has 0 aliphatic heterocycles. The molecule has 0 radical (unpaired) electrons. The number of carbonyl (C=O) groups is 2. The third-order valence-corrected chi connectivity index (χ3v) is 10.1. The van der Waals surface area contributed by atoms with Gasteiger partial charge in [-0.1, -0.05) is 20.8 Å². The Morgan fingerprint density at radius 3 is 2.57 bits per heavy atom. The molecule has 9 atom stereocenters. The van der Waals surface area contributed by atoms with Crippen molar-refractivity contribution in [2.24, 2.45) is 46.3 Å². The first-order chi connectivity index (χ1) is 13.2. The summed E-state index contributed by atoms with van der Waals surface area (Å²) in [6.07, 6.45) is 8.68. The number of aliphatic hydroxyl groups is 1. The normalized spacial score (nSPS) is 49.1. The summed E-state index contributed by atoms with van der Waals surface area (Å²) in [5.74, 6) is 2.52. The summed E-state index contributed by atoms with van der Waals surface area (Å²) in [6, 6.07) is 0. The molecule has 4 aliphatic carbocycles. The number of ketones is 1. The number of rotatable bonds is 4. The fraction of sp³-hybridized carbons (Fsp3) is 0.917. The van der Waals surface area contributed by atoms with Crippen LogP contribution in [0.15, 0.2) is 0 Å². The van der Waals surface area contributed by atoms with Crippen LogP contribution in [-0.2, 0) is 9.59 Å². The molecule has 4 fully saturated rings. The number of carboxylic acids is 1. The summed E-state index contributed by atoms with van der Waals surface area (Å²) in [7, 11) is 0. The molecule has 4 saturated carbocycles. The molecular formula is C24H38O4. The van der Waals surface area contributed by atoms with Crippen molar-refractivity contribution in [3.63, 3.8) is 0 Å². The molecule has 0 amide bonds. The number of hydrogen-bond acceptors (Lipinski definition) is 3. The van der Waals surface area contributed by atoms with Gasteiger partial charge in [0.1, 0.15) is 5.78 Å². The van der Waals surface area contributed by atoms with E-state index < -0.39 is 5.97 Å². The van der Waals surface area contributed by atoms with Crippen LogP contribution in [0.5, 0.6) is 0 Å². The fourth-order valence-corrected chi connectivity index (χ4v) is 8.54. The molecule has 4 aliphatic rings. The van der Waals surface area contributed by atoms with E-state index in [0.29, 0.717) is 47.7 Å². The molecule has 28 heavy (non-hydrogen) atoms. The first kappa shape index (κ1) is 20.4. The topological polar surface area (TPSA) is 74.6 Å². The number of carboxylic acid groups (broad SMARTS) is 1. The maximum Gasteiger partial charge on any atom is 0.303 e. The minimum Gasteiger partial charge on any atom is -0.481 e. The standard InChI is InChI=1S/C24H38O4/c1-14(4-7-21(27)28)17-5-6-18-22-19(9-11-24(17,18)3)23(2)10-8-16(25)12-15(23)13-20(22)26/h14-15,17-20,22,26H,4-13H2,1-3H3,(H,27,28)/t14-,15+,17?,18+,19+,20+,22+,23+,24-/m1/s1. The van der Waals surface area contributed by atoms with Crippen molar-refractivity contribution in [1.82, 2.24) is 0 Å². The second-order valence-corrected chi connectivity index (χ2v) is 11.2. The van der Waals surface area contributed by atoms with Gasteiger partial charge in [0.15, 0.2) is 0 Å². The van der Waals surface area contributed by atoms with Crippen LogP contribution in [-0.4, -0.2) is 28.1 Å². The van der Waals surface area contributed by atoms with E-state index in [4.69, 9.17) is 5.11 Å². The Morgan fingerprint density at radius 2 is 1.86 bits per heavy atom. The average molecular weight is 391 g/mol. The molecule has 0 bridgehead atoms. The van der Waals surface area contributed by atoms with Crippen molar-refractivity contribution in [3.05, 3.63) is 0 Å². The molecule has 0 aromatic rings. The van der Waals surface area contributed by atoms with Gasteiger partial charge in [-0.05, 0) is 91.3 Å². The molecule has 0 heterocycles. The van der Waals surface area contributed by atoms with Crippen molar-refractivity contribution in [2.45, 2.75) is 91.1 Å². The summed E-state index contributed by atoms with van der Waals surface area (Å²) in [5, 5.41) is 20.3. The van der Waals surface area contributed by atoms with Gasteiger partial charge in [0.25, 0.3) is 0 Å². The van der Waals surface area contributed by atoms with Crippen LogP contribution < -0.4 is 0 Å². The highest BCUT2D eigenvalue weighted by Crippen LogP contribution is 2.68. The highest BCUT2D eigenvalue weighted by molar-refractivity contribution is 5.79. The lowest BCUT2D eigenvalue weighted by atomic mass is 9.44. The van der Waals surface area contributed by atoms with E-state index in [9.17, 15) is 14.7 Å². The lowest BCUT2D eigenvalue weighted by Gasteiger charge is -2.62. The van der Waals surface area contributed by atoms with E-state index in [2.05, 4.69) is 20.8 Å². The van der Waals surface area contributed by atoms with Crippen LogP contribution in [0.25, 0.3) is 0 Å². The van der Waals surface area contributed by atoms with Gasteiger partial charge in [-0.3, -0.25) is 9.59 Å². The highest BCUT2D eigenvalue weighted by Gasteiger charge is 2.62. The second kappa shape index (κ2) is 7.11. The Morgan fingerprint density at radius 1 is 1.14 bits per heavy atom. The SMILES string of the molecule is C[C@H](CCC(=O)O)C1CC[C@H]2[C@@H]3[C@@H](O)C[C@@H]4CC(=O)CC[C@]4(C)[C@H]3CC[C@]12C. The van der Waals surface area contributed by atoms with Crippen LogP contribution >= 0.6 is 0 Å². The first-order valence-corrected chi connectivity index (χ1v) is 11.6. The predicted octanol–water partition coefficient (Wildman–Crippen LogP) is 4.69.